The van der Waals surface area contributed by atoms with Crippen LogP contribution in [0.15, 0.2) is 54.6 Å². The van der Waals surface area contributed by atoms with Crippen LogP contribution in [0, 0.1) is 10.1 Å². The van der Waals surface area contributed by atoms with E-state index >= 15 is 0 Å². The van der Waals surface area contributed by atoms with Crippen LogP contribution in [-0.2, 0) is 4.79 Å². The lowest BCUT2D eigenvalue weighted by Gasteiger charge is -2.36. The number of amides is 1. The summed E-state index contributed by atoms with van der Waals surface area (Å²) in [5.41, 5.74) is 2.36. The Labute approximate surface area is 177 Å². The second kappa shape index (κ2) is 10.2. The van der Waals surface area contributed by atoms with Gasteiger partial charge in [0, 0.05) is 30.3 Å². The molecule has 2 atom stereocenters. The van der Waals surface area contributed by atoms with Crippen LogP contribution in [0.25, 0.3) is 0 Å². The summed E-state index contributed by atoms with van der Waals surface area (Å²) in [4.78, 5) is 26.7. The Bertz CT molecular complexity index is 833. The van der Waals surface area contributed by atoms with Crippen LogP contribution in [0.2, 0.25) is 0 Å². The van der Waals surface area contributed by atoms with Gasteiger partial charge in [-0.1, -0.05) is 37.3 Å². The number of nitrogens with one attached hydrogen (secondary N) is 2. The van der Waals surface area contributed by atoms with Crippen molar-refractivity contribution in [2.24, 2.45) is 0 Å². The molecule has 7 heteroatoms. The standard InChI is InChI=1S/C23H30N4O3/c1-3-19(20-7-5-4-6-8-20)17-24-23(28)18(2)25-13-15-26(16-14-25)21-9-11-22(12-10-21)27(29)30/h4-12,18-19H,3,13-17H2,1-2H3,(H,24,28)/p+1/t18-,19-/m1/s1. The number of carbonyl (C=O) groups is 1. The fourth-order valence-corrected chi connectivity index (χ4v) is 4.06. The number of nitro groups is 1. The van der Waals surface area contributed by atoms with Gasteiger partial charge in [-0.2, -0.15) is 0 Å². The van der Waals surface area contributed by atoms with E-state index in [1.165, 1.54) is 10.5 Å². The van der Waals surface area contributed by atoms with Gasteiger partial charge in [-0.3, -0.25) is 14.9 Å². The number of non-ortho nitro benzene ring substituents is 1. The first kappa shape index (κ1) is 21.8. The smallest absolute Gasteiger partial charge is 0.278 e. The zero-order chi connectivity index (χ0) is 21.5. The molecule has 3 rings (SSSR count). The quantitative estimate of drug-likeness (QED) is 0.514. The first-order chi connectivity index (χ1) is 14.5. The van der Waals surface area contributed by atoms with E-state index < -0.39 is 0 Å². The summed E-state index contributed by atoms with van der Waals surface area (Å²) in [5.74, 6) is 0.430. The van der Waals surface area contributed by atoms with Crippen molar-refractivity contribution in [1.82, 2.24) is 5.32 Å². The molecule has 0 radical (unpaired) electrons. The summed E-state index contributed by atoms with van der Waals surface area (Å²) >= 11 is 0. The molecule has 2 aromatic carbocycles. The Morgan fingerprint density at radius 2 is 1.77 bits per heavy atom. The molecule has 0 unspecified atom stereocenters. The zero-order valence-electron chi connectivity index (χ0n) is 17.7. The topological polar surface area (TPSA) is 79.9 Å². The van der Waals surface area contributed by atoms with E-state index in [0.717, 1.165) is 38.3 Å². The number of piperazine rings is 1. The van der Waals surface area contributed by atoms with Gasteiger partial charge >= 0.3 is 0 Å². The highest BCUT2D eigenvalue weighted by Crippen LogP contribution is 2.19. The van der Waals surface area contributed by atoms with Gasteiger partial charge in [0.2, 0.25) is 0 Å². The molecule has 0 spiro atoms. The third-order valence-electron chi connectivity index (χ3n) is 6.12. The van der Waals surface area contributed by atoms with E-state index in [-0.39, 0.29) is 22.6 Å². The number of carbonyl (C=O) groups excluding carboxylic acids is 1. The van der Waals surface area contributed by atoms with E-state index in [0.29, 0.717) is 12.5 Å². The minimum atomic E-state index is -0.382. The number of anilines is 1. The number of nitro benzene ring substituents is 1. The SMILES string of the molecule is CC[C@H](CNC(=O)[C@@H](C)[NH+]1CCN(c2ccc([N+](=O)[O-])cc2)CC1)c1ccccc1. The Morgan fingerprint density at radius 3 is 2.33 bits per heavy atom. The maximum absolute atomic E-state index is 12.7. The van der Waals surface area contributed by atoms with Crippen molar-refractivity contribution in [3.8, 4) is 0 Å². The van der Waals surface area contributed by atoms with Crippen LogP contribution < -0.4 is 15.1 Å². The van der Waals surface area contributed by atoms with Crippen molar-refractivity contribution in [3.63, 3.8) is 0 Å². The Morgan fingerprint density at radius 1 is 1.13 bits per heavy atom. The van der Waals surface area contributed by atoms with E-state index in [4.69, 9.17) is 0 Å². The number of rotatable bonds is 8. The highest BCUT2D eigenvalue weighted by molar-refractivity contribution is 5.80. The van der Waals surface area contributed by atoms with Crippen molar-refractivity contribution < 1.29 is 14.6 Å². The summed E-state index contributed by atoms with van der Waals surface area (Å²) in [5, 5.41) is 14.0. The highest BCUT2D eigenvalue weighted by Gasteiger charge is 2.29. The largest absolute Gasteiger partial charge is 0.360 e. The van der Waals surface area contributed by atoms with Crippen LogP contribution in [0.1, 0.15) is 31.7 Å². The molecular formula is C23H31N4O3+. The van der Waals surface area contributed by atoms with Crippen LogP contribution >= 0.6 is 0 Å². The first-order valence-corrected chi connectivity index (χ1v) is 10.7. The van der Waals surface area contributed by atoms with Crippen LogP contribution in [0.3, 0.4) is 0 Å². The molecule has 1 saturated heterocycles. The van der Waals surface area contributed by atoms with Gasteiger partial charge in [0.15, 0.2) is 6.04 Å². The maximum atomic E-state index is 12.7. The van der Waals surface area contributed by atoms with Gasteiger partial charge in [-0.25, -0.2) is 0 Å². The second-order valence-electron chi connectivity index (χ2n) is 7.90. The van der Waals surface area contributed by atoms with Crippen molar-refractivity contribution in [2.75, 3.05) is 37.6 Å². The maximum Gasteiger partial charge on any atom is 0.278 e. The molecule has 160 valence electrons. The molecule has 7 nitrogen and oxygen atoms in total. The number of hydrogen-bond acceptors (Lipinski definition) is 4. The lowest BCUT2D eigenvalue weighted by molar-refractivity contribution is -0.914. The molecule has 1 amide bonds. The molecule has 0 bridgehead atoms. The van der Waals surface area contributed by atoms with Gasteiger partial charge in [0.05, 0.1) is 31.1 Å². The van der Waals surface area contributed by atoms with Crippen molar-refractivity contribution >= 4 is 17.3 Å². The number of hydrogen-bond donors (Lipinski definition) is 2. The third-order valence-corrected chi connectivity index (χ3v) is 6.12. The second-order valence-corrected chi connectivity index (χ2v) is 7.90. The Balaban J connectivity index is 1.48. The normalized spacial score (nSPS) is 16.7. The summed E-state index contributed by atoms with van der Waals surface area (Å²) in [7, 11) is 0. The summed E-state index contributed by atoms with van der Waals surface area (Å²) in [6, 6.07) is 16.9. The van der Waals surface area contributed by atoms with E-state index in [1.54, 1.807) is 24.3 Å². The molecule has 30 heavy (non-hydrogen) atoms. The summed E-state index contributed by atoms with van der Waals surface area (Å²) in [6.45, 7) is 8.18. The average molecular weight is 412 g/mol. The average Bonchev–Trinajstić information content (AvgIpc) is 2.79. The fraction of sp³-hybridized carbons (Fsp3) is 0.435. The lowest BCUT2D eigenvalue weighted by Crippen LogP contribution is -3.19. The van der Waals surface area contributed by atoms with Crippen LogP contribution in [-0.4, -0.2) is 49.6 Å². The highest BCUT2D eigenvalue weighted by atomic mass is 16.6. The monoisotopic (exact) mass is 411 g/mol. The Hall–Kier alpha value is -2.93. The predicted molar refractivity (Wildman–Crippen MR) is 118 cm³/mol. The van der Waals surface area contributed by atoms with Crippen molar-refractivity contribution in [3.05, 3.63) is 70.3 Å². The van der Waals surface area contributed by atoms with E-state index in [9.17, 15) is 14.9 Å². The Kier molecular flexibility index (Phi) is 7.41. The van der Waals surface area contributed by atoms with Gasteiger partial charge in [-0.15, -0.1) is 0 Å². The van der Waals surface area contributed by atoms with Gasteiger partial charge < -0.3 is 15.1 Å². The summed E-state index contributed by atoms with van der Waals surface area (Å²) < 4.78 is 0. The minimum absolute atomic E-state index is 0.0997. The predicted octanol–water partition coefficient (Wildman–Crippen LogP) is 2.00. The molecule has 0 saturated carbocycles. The molecule has 2 N–H and O–H groups in total. The van der Waals surface area contributed by atoms with E-state index in [2.05, 4.69) is 29.3 Å². The zero-order valence-corrected chi connectivity index (χ0v) is 17.7. The molecule has 1 aliphatic heterocycles. The van der Waals surface area contributed by atoms with E-state index in [1.807, 2.05) is 25.1 Å². The third kappa shape index (κ3) is 5.36. The lowest BCUT2D eigenvalue weighted by atomic mass is 9.96. The van der Waals surface area contributed by atoms with Crippen LogP contribution in [0.4, 0.5) is 11.4 Å². The molecular weight excluding hydrogens is 380 g/mol. The van der Waals surface area contributed by atoms with Gasteiger partial charge in [0.25, 0.3) is 11.6 Å². The molecule has 0 aromatic heterocycles. The fourth-order valence-electron chi connectivity index (χ4n) is 4.06. The molecule has 1 aliphatic rings. The number of benzene rings is 2. The van der Waals surface area contributed by atoms with Gasteiger partial charge in [-0.05, 0) is 31.0 Å². The molecule has 1 fully saturated rings. The molecule has 2 aromatic rings. The minimum Gasteiger partial charge on any atom is -0.360 e. The van der Waals surface area contributed by atoms with Crippen molar-refractivity contribution in [2.45, 2.75) is 32.2 Å². The number of quaternary nitrogens is 1. The summed E-state index contributed by atoms with van der Waals surface area (Å²) in [6.07, 6.45) is 0.986. The van der Waals surface area contributed by atoms with Gasteiger partial charge in [0.1, 0.15) is 0 Å². The molecule has 0 aliphatic carbocycles. The first-order valence-electron chi connectivity index (χ1n) is 10.7. The number of nitrogens with zero attached hydrogens (tertiary/aromatic N) is 2. The van der Waals surface area contributed by atoms with Crippen molar-refractivity contribution in [1.29, 1.82) is 0 Å². The van der Waals surface area contributed by atoms with Crippen LogP contribution in [0.5, 0.6) is 0 Å². The molecule has 1 heterocycles.